The maximum absolute atomic E-state index is 11.7. The fraction of sp³-hybridized carbons (Fsp3) is 0.273. The highest BCUT2D eigenvalue weighted by molar-refractivity contribution is 9.10. The molecule has 0 saturated heterocycles. The van der Waals surface area contributed by atoms with Crippen molar-refractivity contribution in [2.45, 2.75) is 35.6 Å². The number of aromatic nitrogens is 5. The number of halogens is 2. The minimum Gasteiger partial charge on any atom is -0.550 e. The third-order valence-corrected chi connectivity index (χ3v) is 7.90. The van der Waals surface area contributed by atoms with Crippen LogP contribution < -0.4 is 5.11 Å². The van der Waals surface area contributed by atoms with Gasteiger partial charge in [-0.05, 0) is 48.0 Å². The lowest BCUT2D eigenvalue weighted by molar-refractivity contribution is -0.311. The van der Waals surface area contributed by atoms with Crippen LogP contribution in [0.1, 0.15) is 25.0 Å². The Hall–Kier alpha value is -2.36. The van der Waals surface area contributed by atoms with Crippen molar-refractivity contribution >= 4 is 56.2 Å². The van der Waals surface area contributed by atoms with E-state index in [9.17, 15) is 9.90 Å². The van der Waals surface area contributed by atoms with Crippen LogP contribution in [0.2, 0.25) is 5.02 Å². The van der Waals surface area contributed by atoms with Crippen molar-refractivity contribution < 1.29 is 9.90 Å². The zero-order chi connectivity index (χ0) is 22.6. The molecule has 0 N–H and O–H groups in total. The van der Waals surface area contributed by atoms with Crippen LogP contribution >= 0.6 is 39.3 Å². The number of rotatable bonds is 5. The van der Waals surface area contributed by atoms with Crippen LogP contribution in [0.3, 0.4) is 0 Å². The van der Waals surface area contributed by atoms with Gasteiger partial charge in [0.15, 0.2) is 0 Å². The highest BCUT2D eigenvalue weighted by Crippen LogP contribution is 2.50. The topological polar surface area (TPSA) is 88.7 Å². The van der Waals surface area contributed by atoms with Crippen molar-refractivity contribution in [2.24, 2.45) is 13.0 Å². The van der Waals surface area contributed by atoms with Crippen LogP contribution in [-0.2, 0) is 18.4 Å². The normalized spacial score (nSPS) is 16.4. The Morgan fingerprint density at radius 2 is 2.06 bits per heavy atom. The molecule has 0 fully saturated rings. The molecule has 0 saturated carbocycles. The summed E-state index contributed by atoms with van der Waals surface area (Å²) in [5.41, 5.74) is 2.89. The molecular weight excluding hydrogens is 514 g/mol. The molecule has 7 nitrogen and oxygen atoms in total. The summed E-state index contributed by atoms with van der Waals surface area (Å²) in [6.07, 6.45) is 0.750. The first-order valence-electron chi connectivity index (χ1n) is 10.1. The number of aliphatic carboxylic acids is 1. The Labute approximate surface area is 201 Å². The third kappa shape index (κ3) is 3.62. The van der Waals surface area contributed by atoms with Gasteiger partial charge >= 0.3 is 0 Å². The summed E-state index contributed by atoms with van der Waals surface area (Å²) in [7, 11) is 1.73. The first-order chi connectivity index (χ1) is 15.3. The van der Waals surface area contributed by atoms with E-state index in [0.29, 0.717) is 10.8 Å². The molecule has 0 bridgehead atoms. The van der Waals surface area contributed by atoms with Crippen LogP contribution in [0.15, 0.2) is 50.7 Å². The van der Waals surface area contributed by atoms with E-state index in [1.165, 1.54) is 4.80 Å². The average Bonchev–Trinajstić information content (AvgIpc) is 3.45. The number of tetrazole rings is 1. The zero-order valence-electron chi connectivity index (χ0n) is 17.2. The SMILES string of the molecule is CC(C(=O)[O-])C1CCn2c1c(Sc1ccc(Cl)cc1)c1c(Br)cc(-c3nnn(C)n3)cc12. The standard InChI is InChI=1S/C22H19BrClN5O2S/c1-11(22(30)31)15-7-8-29-17-10-12(21-25-27-28(2)26-21)9-16(23)18(17)20(19(15)29)32-14-5-3-13(24)4-6-14/h3-6,9-11,15H,7-8H2,1-2H3,(H,30,31)/p-1. The third-order valence-electron chi connectivity index (χ3n) is 5.90. The Morgan fingerprint density at radius 3 is 2.72 bits per heavy atom. The average molecular weight is 532 g/mol. The summed E-state index contributed by atoms with van der Waals surface area (Å²) in [6.45, 7) is 2.47. The fourth-order valence-corrected chi connectivity index (χ4v) is 6.42. The van der Waals surface area contributed by atoms with E-state index in [1.807, 2.05) is 30.3 Å². The Balaban J connectivity index is 1.73. The van der Waals surface area contributed by atoms with Crippen molar-refractivity contribution in [3.63, 3.8) is 0 Å². The van der Waals surface area contributed by atoms with E-state index in [4.69, 9.17) is 11.6 Å². The first kappa shape index (κ1) is 21.5. The molecule has 10 heteroatoms. The van der Waals surface area contributed by atoms with Gasteiger partial charge in [-0.15, -0.1) is 10.2 Å². The molecule has 1 aliphatic rings. The van der Waals surface area contributed by atoms with Gasteiger partial charge in [-0.25, -0.2) is 0 Å². The number of aryl methyl sites for hydroxylation is 2. The Morgan fingerprint density at radius 1 is 1.31 bits per heavy atom. The van der Waals surface area contributed by atoms with Crippen LogP contribution in [0.5, 0.6) is 0 Å². The number of benzene rings is 2. The summed E-state index contributed by atoms with van der Waals surface area (Å²) in [5.74, 6) is -1.22. The van der Waals surface area contributed by atoms with Crippen LogP contribution in [0.25, 0.3) is 22.3 Å². The second kappa shape index (κ2) is 8.20. The molecule has 5 rings (SSSR count). The maximum atomic E-state index is 11.7. The van der Waals surface area contributed by atoms with E-state index in [-0.39, 0.29) is 5.92 Å². The molecule has 0 amide bonds. The number of hydrogen-bond acceptors (Lipinski definition) is 6. The van der Waals surface area contributed by atoms with Crippen LogP contribution in [-0.4, -0.2) is 30.7 Å². The predicted molar refractivity (Wildman–Crippen MR) is 125 cm³/mol. The number of hydrogen-bond donors (Lipinski definition) is 0. The predicted octanol–water partition coefficient (Wildman–Crippen LogP) is 4.27. The molecular formula is C22H18BrClN5O2S-. The van der Waals surface area contributed by atoms with E-state index in [1.54, 1.807) is 25.7 Å². The van der Waals surface area contributed by atoms with Crippen molar-refractivity contribution in [1.29, 1.82) is 0 Å². The molecule has 3 heterocycles. The van der Waals surface area contributed by atoms with Crippen molar-refractivity contribution in [3.8, 4) is 11.4 Å². The minimum absolute atomic E-state index is 0.132. The summed E-state index contributed by atoms with van der Waals surface area (Å²) < 4.78 is 3.12. The highest BCUT2D eigenvalue weighted by Gasteiger charge is 2.34. The van der Waals surface area contributed by atoms with E-state index in [2.05, 4.69) is 42.0 Å². The maximum Gasteiger partial charge on any atom is 0.205 e. The van der Waals surface area contributed by atoms with E-state index < -0.39 is 11.9 Å². The second-order valence-corrected chi connectivity index (χ2v) is 10.3. The van der Waals surface area contributed by atoms with Gasteiger partial charge in [0, 0.05) is 60.3 Å². The number of carboxylic acid groups (broad SMARTS) is 1. The number of carbonyl (C=O) groups excluding carboxylic acids is 1. The Kier molecular flexibility index (Phi) is 5.51. The highest BCUT2D eigenvalue weighted by atomic mass is 79.9. The molecule has 4 aromatic rings. The number of carboxylic acids is 1. The summed E-state index contributed by atoms with van der Waals surface area (Å²) in [4.78, 5) is 15.3. The lowest BCUT2D eigenvalue weighted by Crippen LogP contribution is -2.32. The first-order valence-corrected chi connectivity index (χ1v) is 12.1. The van der Waals surface area contributed by atoms with Gasteiger partial charge in [-0.3, -0.25) is 0 Å². The molecule has 0 aliphatic carbocycles. The van der Waals surface area contributed by atoms with Crippen LogP contribution in [0.4, 0.5) is 0 Å². The smallest absolute Gasteiger partial charge is 0.205 e. The summed E-state index contributed by atoms with van der Waals surface area (Å²) >= 11 is 11.4. The molecule has 2 unspecified atom stereocenters. The van der Waals surface area contributed by atoms with Crippen molar-refractivity contribution in [3.05, 3.63) is 51.6 Å². The molecule has 2 aromatic carbocycles. The minimum atomic E-state index is -1.03. The molecule has 0 radical (unpaired) electrons. The lowest BCUT2D eigenvalue weighted by Gasteiger charge is -2.21. The van der Waals surface area contributed by atoms with Gasteiger partial charge in [0.25, 0.3) is 0 Å². The van der Waals surface area contributed by atoms with Gasteiger partial charge in [0.1, 0.15) is 0 Å². The van der Waals surface area contributed by atoms with Gasteiger partial charge in [0.2, 0.25) is 5.82 Å². The summed E-state index contributed by atoms with van der Waals surface area (Å²) in [5, 5.41) is 25.9. The van der Waals surface area contributed by atoms with Crippen LogP contribution in [0, 0.1) is 5.92 Å². The molecule has 2 atom stereocenters. The monoisotopic (exact) mass is 530 g/mol. The molecule has 32 heavy (non-hydrogen) atoms. The lowest BCUT2D eigenvalue weighted by atomic mass is 9.90. The second-order valence-electron chi connectivity index (χ2n) is 7.88. The summed E-state index contributed by atoms with van der Waals surface area (Å²) in [6, 6.07) is 11.7. The molecule has 0 spiro atoms. The number of carbonyl (C=O) groups is 1. The molecule has 164 valence electrons. The number of fused-ring (bicyclic) bond motifs is 3. The molecule has 2 aromatic heterocycles. The van der Waals surface area contributed by atoms with Gasteiger partial charge in [0.05, 0.1) is 12.6 Å². The van der Waals surface area contributed by atoms with E-state index in [0.717, 1.165) is 49.4 Å². The molecule has 1 aliphatic heterocycles. The zero-order valence-corrected chi connectivity index (χ0v) is 20.4. The number of nitrogens with zero attached hydrogens (tertiary/aromatic N) is 5. The van der Waals surface area contributed by atoms with Crippen molar-refractivity contribution in [1.82, 2.24) is 24.8 Å². The van der Waals surface area contributed by atoms with Gasteiger partial charge in [-0.1, -0.05) is 46.2 Å². The largest absolute Gasteiger partial charge is 0.550 e. The quantitative estimate of drug-likeness (QED) is 0.382. The van der Waals surface area contributed by atoms with E-state index >= 15 is 0 Å². The van der Waals surface area contributed by atoms with Crippen molar-refractivity contribution in [2.75, 3.05) is 0 Å². The Bertz CT molecular complexity index is 1350. The van der Waals surface area contributed by atoms with Gasteiger partial charge < -0.3 is 14.5 Å². The fourth-order valence-electron chi connectivity index (χ4n) is 4.33. The van der Waals surface area contributed by atoms with Gasteiger partial charge in [-0.2, -0.15) is 4.80 Å².